The molecule has 5 heteroatoms. The highest BCUT2D eigenvalue weighted by atomic mass is 35.5. The minimum Gasteiger partial charge on any atom is -0.452 e. The summed E-state index contributed by atoms with van der Waals surface area (Å²) in [6.07, 6.45) is 3.54. The first-order chi connectivity index (χ1) is 7.60. The second-order valence-corrected chi connectivity index (χ2v) is 4.99. The van der Waals surface area contributed by atoms with E-state index in [0.717, 1.165) is 12.8 Å². The number of β-amino-alcohol motifs (C(OH)–C–C–N with tert-alkyl or cyclic N) is 1. The number of amides is 1. The number of carbonyl (C=O) groups excluding carboxylic acids is 1. The largest absolute Gasteiger partial charge is 0.452 e. The molecule has 1 aliphatic carbocycles. The molecule has 1 amide bonds. The lowest BCUT2D eigenvalue weighted by atomic mass is 9.88. The van der Waals surface area contributed by atoms with E-state index in [2.05, 4.69) is 0 Å². The highest BCUT2D eigenvalue weighted by Crippen LogP contribution is 2.44. The van der Waals surface area contributed by atoms with E-state index >= 15 is 0 Å². The lowest BCUT2D eigenvalue weighted by molar-refractivity contribution is -0.0958. The Morgan fingerprint density at radius 3 is 2.75 bits per heavy atom. The highest BCUT2D eigenvalue weighted by Gasteiger charge is 2.53. The summed E-state index contributed by atoms with van der Waals surface area (Å²) in [5, 5.41) is 10.2. The molecule has 2 fully saturated rings. The van der Waals surface area contributed by atoms with Crippen LogP contribution in [0, 0.1) is 5.92 Å². The lowest BCUT2D eigenvalue weighted by Crippen LogP contribution is -2.64. The molecule has 1 aromatic heterocycles. The Balaban J connectivity index is 1.68. The number of hydrogen-bond acceptors (Lipinski definition) is 3. The molecule has 4 nitrogen and oxygen atoms in total. The van der Waals surface area contributed by atoms with E-state index < -0.39 is 5.60 Å². The molecule has 2 heterocycles. The van der Waals surface area contributed by atoms with Crippen molar-refractivity contribution in [3.05, 3.63) is 23.1 Å². The number of carbonyl (C=O) groups is 1. The van der Waals surface area contributed by atoms with Crippen LogP contribution in [0.15, 0.2) is 16.7 Å². The van der Waals surface area contributed by atoms with E-state index in [1.54, 1.807) is 11.0 Å². The molecule has 1 aliphatic heterocycles. The molecule has 0 bridgehead atoms. The molecule has 16 heavy (non-hydrogen) atoms. The van der Waals surface area contributed by atoms with Crippen molar-refractivity contribution in [2.45, 2.75) is 18.4 Å². The van der Waals surface area contributed by atoms with Crippen LogP contribution in [0.3, 0.4) is 0 Å². The number of furan rings is 1. The Hall–Kier alpha value is -1.00. The Morgan fingerprint density at radius 2 is 2.25 bits per heavy atom. The fourth-order valence-electron chi connectivity index (χ4n) is 2.25. The number of aliphatic hydroxyl groups is 1. The minimum absolute atomic E-state index is 0.117. The monoisotopic (exact) mass is 241 g/mol. The van der Waals surface area contributed by atoms with Crippen LogP contribution in [-0.4, -0.2) is 34.6 Å². The van der Waals surface area contributed by atoms with Gasteiger partial charge in [-0.3, -0.25) is 4.79 Å². The molecule has 0 aromatic carbocycles. The molecule has 1 aromatic rings. The molecule has 1 saturated heterocycles. The van der Waals surface area contributed by atoms with Crippen molar-refractivity contribution in [3.8, 4) is 0 Å². The molecular weight excluding hydrogens is 230 g/mol. The van der Waals surface area contributed by atoms with Crippen molar-refractivity contribution >= 4 is 17.5 Å². The van der Waals surface area contributed by atoms with E-state index in [-0.39, 0.29) is 11.1 Å². The number of nitrogens with zero attached hydrogens (tertiary/aromatic N) is 1. The molecule has 0 atom stereocenters. The van der Waals surface area contributed by atoms with Crippen LogP contribution >= 0.6 is 11.6 Å². The summed E-state index contributed by atoms with van der Waals surface area (Å²) in [4.78, 5) is 13.5. The van der Waals surface area contributed by atoms with Crippen molar-refractivity contribution in [1.82, 2.24) is 4.90 Å². The van der Waals surface area contributed by atoms with Gasteiger partial charge in [0.25, 0.3) is 5.91 Å². The maximum absolute atomic E-state index is 11.9. The molecule has 1 saturated carbocycles. The zero-order valence-corrected chi connectivity index (χ0v) is 9.41. The van der Waals surface area contributed by atoms with E-state index in [4.69, 9.17) is 16.0 Å². The Bertz CT molecular complexity index is 432. The number of likely N-dealkylation sites (tertiary alicyclic amines) is 1. The first kappa shape index (κ1) is 10.2. The topological polar surface area (TPSA) is 53.7 Å². The lowest BCUT2D eigenvalue weighted by Gasteiger charge is -2.46. The average Bonchev–Trinajstić information content (AvgIpc) is 2.97. The zero-order chi connectivity index (χ0) is 11.3. The van der Waals surface area contributed by atoms with Crippen LogP contribution < -0.4 is 0 Å². The third-order valence-corrected chi connectivity index (χ3v) is 3.69. The molecule has 2 aliphatic rings. The summed E-state index contributed by atoms with van der Waals surface area (Å²) in [6.45, 7) is 0.829. The number of rotatable bonds is 2. The normalized spacial score (nSPS) is 23.0. The standard InChI is InChI=1S/C11H12ClNO3/c12-9-8(3-4-16-9)10(14)13-5-11(15,6-13)7-1-2-7/h3-4,7,15H,1-2,5-6H2. The van der Waals surface area contributed by atoms with Crippen LogP contribution in [0.25, 0.3) is 0 Å². The van der Waals surface area contributed by atoms with Crippen molar-refractivity contribution in [1.29, 1.82) is 0 Å². The Kier molecular flexibility index (Phi) is 2.06. The molecule has 0 radical (unpaired) electrons. The number of halogens is 1. The first-order valence-corrected chi connectivity index (χ1v) is 5.72. The van der Waals surface area contributed by atoms with Crippen LogP contribution in [0.1, 0.15) is 23.2 Å². The van der Waals surface area contributed by atoms with Gasteiger partial charge in [-0.2, -0.15) is 0 Å². The van der Waals surface area contributed by atoms with Gasteiger partial charge in [0.15, 0.2) is 0 Å². The number of hydrogen-bond donors (Lipinski definition) is 1. The van der Waals surface area contributed by atoms with Crippen molar-refractivity contribution in [3.63, 3.8) is 0 Å². The third-order valence-electron chi connectivity index (χ3n) is 3.40. The molecular formula is C11H12ClNO3. The van der Waals surface area contributed by atoms with Crippen molar-refractivity contribution < 1.29 is 14.3 Å². The van der Waals surface area contributed by atoms with Crippen LogP contribution in [-0.2, 0) is 0 Å². The molecule has 0 unspecified atom stereocenters. The SMILES string of the molecule is O=C(c1ccoc1Cl)N1CC(O)(C2CC2)C1. The highest BCUT2D eigenvalue weighted by molar-refractivity contribution is 6.32. The van der Waals surface area contributed by atoms with Gasteiger partial charge in [-0.1, -0.05) is 0 Å². The summed E-state index contributed by atoms with van der Waals surface area (Å²) in [7, 11) is 0. The second kappa shape index (κ2) is 3.25. The average molecular weight is 242 g/mol. The van der Waals surface area contributed by atoms with Crippen molar-refractivity contribution in [2.75, 3.05) is 13.1 Å². The van der Waals surface area contributed by atoms with Gasteiger partial charge in [0.2, 0.25) is 5.22 Å². The van der Waals surface area contributed by atoms with Gasteiger partial charge in [-0.25, -0.2) is 0 Å². The summed E-state index contributed by atoms with van der Waals surface area (Å²) in [5.41, 5.74) is -0.272. The van der Waals surface area contributed by atoms with Crippen LogP contribution in [0.2, 0.25) is 5.22 Å². The van der Waals surface area contributed by atoms with Crippen LogP contribution in [0.4, 0.5) is 0 Å². The first-order valence-electron chi connectivity index (χ1n) is 5.35. The maximum Gasteiger partial charge on any atom is 0.258 e. The third kappa shape index (κ3) is 1.44. The zero-order valence-electron chi connectivity index (χ0n) is 8.65. The Labute approximate surface area is 97.8 Å². The quantitative estimate of drug-likeness (QED) is 0.854. The summed E-state index contributed by atoms with van der Waals surface area (Å²) >= 11 is 5.73. The fourth-order valence-corrected chi connectivity index (χ4v) is 2.45. The predicted octanol–water partition coefficient (Wildman–Crippen LogP) is 1.53. The summed E-state index contributed by atoms with van der Waals surface area (Å²) in [5.74, 6) is 0.223. The van der Waals surface area contributed by atoms with E-state index in [1.165, 1.54) is 6.26 Å². The van der Waals surface area contributed by atoms with Gasteiger partial charge in [0.05, 0.1) is 24.9 Å². The fraction of sp³-hybridized carbons (Fsp3) is 0.545. The predicted molar refractivity (Wildman–Crippen MR) is 57.3 cm³/mol. The van der Waals surface area contributed by atoms with Gasteiger partial charge in [-0.15, -0.1) is 0 Å². The van der Waals surface area contributed by atoms with E-state index in [1.807, 2.05) is 0 Å². The van der Waals surface area contributed by atoms with E-state index in [9.17, 15) is 9.90 Å². The Morgan fingerprint density at radius 1 is 1.56 bits per heavy atom. The molecule has 86 valence electrons. The van der Waals surface area contributed by atoms with Gasteiger partial charge in [0.1, 0.15) is 5.60 Å². The smallest absolute Gasteiger partial charge is 0.258 e. The minimum atomic E-state index is -0.647. The maximum atomic E-state index is 11.9. The van der Waals surface area contributed by atoms with Gasteiger partial charge in [-0.05, 0) is 36.4 Å². The molecule has 3 rings (SSSR count). The van der Waals surface area contributed by atoms with E-state index in [0.29, 0.717) is 24.6 Å². The van der Waals surface area contributed by atoms with Gasteiger partial charge in [0, 0.05) is 0 Å². The molecule has 1 N–H and O–H groups in total. The summed E-state index contributed by atoms with van der Waals surface area (Å²) < 4.78 is 4.87. The van der Waals surface area contributed by atoms with Gasteiger partial charge < -0.3 is 14.4 Å². The summed E-state index contributed by atoms with van der Waals surface area (Å²) in [6, 6.07) is 1.55. The molecule has 0 spiro atoms. The van der Waals surface area contributed by atoms with Crippen molar-refractivity contribution in [2.24, 2.45) is 5.92 Å². The second-order valence-electron chi connectivity index (χ2n) is 4.65. The van der Waals surface area contributed by atoms with Crippen LogP contribution in [0.5, 0.6) is 0 Å². The van der Waals surface area contributed by atoms with Gasteiger partial charge >= 0.3 is 0 Å².